The number of fused-ring (bicyclic) bond motifs is 1. The summed E-state index contributed by atoms with van der Waals surface area (Å²) in [6.07, 6.45) is 0. The fourth-order valence-corrected chi connectivity index (χ4v) is 1.37. The van der Waals surface area contributed by atoms with E-state index in [1.807, 2.05) is 18.2 Å². The topological polar surface area (TPSA) is 46.1 Å². The van der Waals surface area contributed by atoms with Gasteiger partial charge >= 0.3 is 0 Å². The molecule has 1 aliphatic rings. The van der Waals surface area contributed by atoms with Crippen molar-refractivity contribution >= 4 is 0 Å². The van der Waals surface area contributed by atoms with Gasteiger partial charge in [0.25, 0.3) is 0 Å². The molecule has 0 amide bonds. The fourth-order valence-electron chi connectivity index (χ4n) is 1.37. The van der Waals surface area contributed by atoms with E-state index < -0.39 is 0 Å². The summed E-state index contributed by atoms with van der Waals surface area (Å²) in [5.41, 5.74) is 5.15. The highest BCUT2D eigenvalue weighted by Gasteiger charge is 2.13. The molecule has 70 valence electrons. The van der Waals surface area contributed by atoms with E-state index in [9.17, 15) is 0 Å². The number of ether oxygens (including phenoxy) is 2. The molecule has 13 heavy (non-hydrogen) atoms. The van der Waals surface area contributed by atoms with Crippen LogP contribution in [0.5, 0.6) is 11.5 Å². The summed E-state index contributed by atoms with van der Waals surface area (Å²) in [5.74, 6) is 1.69. The second-order valence-electron chi connectivity index (χ2n) is 3.30. The van der Waals surface area contributed by atoms with Gasteiger partial charge in [-0.1, -0.05) is 0 Å². The van der Waals surface area contributed by atoms with Crippen LogP contribution >= 0.6 is 0 Å². The van der Waals surface area contributed by atoms with E-state index in [0.717, 1.165) is 11.5 Å². The average molecular weight is 180 g/mol. The second kappa shape index (κ2) is 3.26. The SMILES string of the molecule is C[C@@H]([NH3+])c1ccc2c(c1)OCCO2. The normalized spacial score (nSPS) is 16.8. The molecular weight excluding hydrogens is 166 g/mol. The standard InChI is InChI=1S/C10H13NO2/c1-7(11)8-2-3-9-10(6-8)13-5-4-12-9/h2-3,6-7H,4-5,11H2,1H3/p+1/t7-/m1/s1. The van der Waals surface area contributed by atoms with Gasteiger partial charge in [-0.15, -0.1) is 0 Å². The van der Waals surface area contributed by atoms with Crippen molar-refractivity contribution in [2.24, 2.45) is 0 Å². The highest BCUT2D eigenvalue weighted by molar-refractivity contribution is 5.44. The number of hydrogen-bond acceptors (Lipinski definition) is 2. The summed E-state index contributed by atoms with van der Waals surface area (Å²) < 4.78 is 10.9. The van der Waals surface area contributed by atoms with Crippen LogP contribution in [0, 0.1) is 0 Å². The maximum atomic E-state index is 5.46. The van der Waals surface area contributed by atoms with Crippen molar-refractivity contribution in [3.63, 3.8) is 0 Å². The summed E-state index contributed by atoms with van der Waals surface area (Å²) >= 11 is 0. The first-order valence-corrected chi connectivity index (χ1v) is 4.50. The van der Waals surface area contributed by atoms with E-state index in [-0.39, 0.29) is 6.04 Å². The summed E-state index contributed by atoms with van der Waals surface area (Å²) in [6.45, 7) is 3.35. The first kappa shape index (κ1) is 8.38. The zero-order chi connectivity index (χ0) is 9.26. The zero-order valence-electron chi connectivity index (χ0n) is 7.75. The van der Waals surface area contributed by atoms with Gasteiger partial charge in [0.05, 0.1) is 0 Å². The van der Waals surface area contributed by atoms with Gasteiger partial charge in [-0.2, -0.15) is 0 Å². The summed E-state index contributed by atoms with van der Waals surface area (Å²) in [6, 6.07) is 6.28. The largest absolute Gasteiger partial charge is 0.486 e. The molecule has 2 rings (SSSR count). The molecule has 3 nitrogen and oxygen atoms in total. The molecule has 1 aliphatic heterocycles. The smallest absolute Gasteiger partial charge is 0.161 e. The Balaban J connectivity index is 2.35. The third-order valence-electron chi connectivity index (χ3n) is 2.14. The van der Waals surface area contributed by atoms with E-state index in [1.165, 1.54) is 5.56 Å². The molecule has 1 atom stereocenters. The van der Waals surface area contributed by atoms with Crippen molar-refractivity contribution in [1.29, 1.82) is 0 Å². The van der Waals surface area contributed by atoms with E-state index >= 15 is 0 Å². The van der Waals surface area contributed by atoms with Gasteiger partial charge in [0.15, 0.2) is 11.5 Å². The number of quaternary nitrogens is 1. The molecule has 0 aliphatic carbocycles. The van der Waals surface area contributed by atoms with Gasteiger partial charge in [-0.25, -0.2) is 0 Å². The number of hydrogen-bond donors (Lipinski definition) is 1. The van der Waals surface area contributed by atoms with Gasteiger partial charge in [-0.05, 0) is 25.1 Å². The molecule has 1 heterocycles. The van der Waals surface area contributed by atoms with Crippen molar-refractivity contribution in [1.82, 2.24) is 0 Å². The van der Waals surface area contributed by atoms with Crippen LogP contribution in [0.2, 0.25) is 0 Å². The Morgan fingerprint density at radius 3 is 2.62 bits per heavy atom. The summed E-state index contributed by atoms with van der Waals surface area (Å²) in [5, 5.41) is 0. The molecule has 0 unspecified atom stereocenters. The molecule has 0 aromatic heterocycles. The Kier molecular flexibility index (Phi) is 2.10. The lowest BCUT2D eigenvalue weighted by Gasteiger charge is -2.19. The highest BCUT2D eigenvalue weighted by Crippen LogP contribution is 2.31. The molecule has 1 aromatic carbocycles. The van der Waals surface area contributed by atoms with Crippen molar-refractivity contribution < 1.29 is 15.2 Å². The van der Waals surface area contributed by atoms with Crippen LogP contribution in [0.4, 0.5) is 0 Å². The predicted octanol–water partition coefficient (Wildman–Crippen LogP) is 0.761. The minimum atomic E-state index is 0.288. The van der Waals surface area contributed by atoms with Crippen molar-refractivity contribution in [3.05, 3.63) is 23.8 Å². The Hall–Kier alpha value is -1.22. The molecule has 1 aromatic rings. The maximum Gasteiger partial charge on any atom is 0.161 e. The monoisotopic (exact) mass is 180 g/mol. The molecular formula is C10H14NO2+. The Morgan fingerprint density at radius 1 is 1.23 bits per heavy atom. The minimum Gasteiger partial charge on any atom is -0.486 e. The van der Waals surface area contributed by atoms with Crippen LogP contribution in [-0.2, 0) is 0 Å². The maximum absolute atomic E-state index is 5.46. The first-order chi connectivity index (χ1) is 6.27. The molecule has 0 saturated heterocycles. The van der Waals surface area contributed by atoms with Gasteiger partial charge in [-0.3, -0.25) is 0 Å². The second-order valence-corrected chi connectivity index (χ2v) is 3.30. The zero-order valence-corrected chi connectivity index (χ0v) is 7.75. The third kappa shape index (κ3) is 1.60. The fraction of sp³-hybridized carbons (Fsp3) is 0.400. The van der Waals surface area contributed by atoms with Crippen LogP contribution in [0.1, 0.15) is 18.5 Å². The van der Waals surface area contributed by atoms with Crippen molar-refractivity contribution in [2.45, 2.75) is 13.0 Å². The molecule has 0 bridgehead atoms. The molecule has 0 radical (unpaired) electrons. The van der Waals surface area contributed by atoms with Gasteiger partial charge in [0.1, 0.15) is 19.3 Å². The van der Waals surface area contributed by atoms with Gasteiger partial charge in [0, 0.05) is 5.56 Å². The molecule has 0 spiro atoms. The van der Waals surface area contributed by atoms with Gasteiger partial charge < -0.3 is 15.2 Å². The Labute approximate surface area is 77.5 Å². The first-order valence-electron chi connectivity index (χ1n) is 4.50. The van der Waals surface area contributed by atoms with Crippen LogP contribution in [0.3, 0.4) is 0 Å². The van der Waals surface area contributed by atoms with Crippen LogP contribution < -0.4 is 15.2 Å². The third-order valence-corrected chi connectivity index (χ3v) is 2.14. The van der Waals surface area contributed by atoms with Crippen molar-refractivity contribution in [3.8, 4) is 11.5 Å². The average Bonchev–Trinajstić information content (AvgIpc) is 2.17. The van der Waals surface area contributed by atoms with Crippen LogP contribution in [0.25, 0.3) is 0 Å². The van der Waals surface area contributed by atoms with E-state index in [4.69, 9.17) is 9.47 Å². The van der Waals surface area contributed by atoms with E-state index in [0.29, 0.717) is 13.2 Å². The minimum absolute atomic E-state index is 0.288. The van der Waals surface area contributed by atoms with Crippen LogP contribution in [0.15, 0.2) is 18.2 Å². The molecule has 0 saturated carbocycles. The number of benzene rings is 1. The lowest BCUT2D eigenvalue weighted by molar-refractivity contribution is -0.420. The number of rotatable bonds is 1. The predicted molar refractivity (Wildman–Crippen MR) is 48.7 cm³/mol. The Bertz CT molecular complexity index is 310. The quantitative estimate of drug-likeness (QED) is 0.693. The summed E-state index contributed by atoms with van der Waals surface area (Å²) in [7, 11) is 0. The van der Waals surface area contributed by atoms with Gasteiger partial charge in [0.2, 0.25) is 0 Å². The molecule has 0 fully saturated rings. The van der Waals surface area contributed by atoms with Crippen LogP contribution in [-0.4, -0.2) is 13.2 Å². The molecule has 3 heteroatoms. The highest BCUT2D eigenvalue weighted by atomic mass is 16.6. The lowest BCUT2D eigenvalue weighted by Crippen LogP contribution is -2.51. The van der Waals surface area contributed by atoms with E-state index in [2.05, 4.69) is 12.7 Å². The lowest BCUT2D eigenvalue weighted by atomic mass is 10.1. The van der Waals surface area contributed by atoms with E-state index in [1.54, 1.807) is 0 Å². The Morgan fingerprint density at radius 2 is 1.92 bits per heavy atom. The van der Waals surface area contributed by atoms with Crippen molar-refractivity contribution in [2.75, 3.05) is 13.2 Å². The summed E-state index contributed by atoms with van der Waals surface area (Å²) in [4.78, 5) is 0. The molecule has 3 N–H and O–H groups in total.